The minimum absolute atomic E-state index is 0.118. The van der Waals surface area contributed by atoms with E-state index in [0.29, 0.717) is 12.5 Å². The van der Waals surface area contributed by atoms with Crippen LogP contribution in [0.1, 0.15) is 45.6 Å². The van der Waals surface area contributed by atoms with Crippen LogP contribution in [0.15, 0.2) is 24.3 Å². The summed E-state index contributed by atoms with van der Waals surface area (Å²) in [6, 6.07) is 10.3. The number of hydrogen-bond donors (Lipinski definition) is 1. The molecule has 1 aliphatic rings. The fourth-order valence-electron chi connectivity index (χ4n) is 3.39. The number of anilines is 1. The zero-order valence-corrected chi connectivity index (χ0v) is 16.4. The highest BCUT2D eigenvalue weighted by atomic mass is 16.2. The summed E-state index contributed by atoms with van der Waals surface area (Å²) in [4.78, 5) is 16.8. The third-order valence-corrected chi connectivity index (χ3v) is 4.91. The van der Waals surface area contributed by atoms with Gasteiger partial charge in [0.2, 0.25) is 5.91 Å². The molecule has 1 aliphatic heterocycles. The van der Waals surface area contributed by atoms with Crippen molar-refractivity contribution in [2.45, 2.75) is 46.1 Å². The summed E-state index contributed by atoms with van der Waals surface area (Å²) in [6.45, 7) is 10.5. The molecule has 2 rings (SSSR count). The van der Waals surface area contributed by atoms with Crippen molar-refractivity contribution >= 4 is 11.6 Å². The van der Waals surface area contributed by atoms with E-state index < -0.39 is 0 Å². The van der Waals surface area contributed by atoms with E-state index in [1.807, 2.05) is 24.3 Å². The summed E-state index contributed by atoms with van der Waals surface area (Å²) in [5, 5.41) is 12.4. The van der Waals surface area contributed by atoms with Crippen LogP contribution in [-0.4, -0.2) is 49.6 Å². The largest absolute Gasteiger partial charge is 0.369 e. The smallest absolute Gasteiger partial charge is 0.234 e. The number of rotatable bonds is 7. The van der Waals surface area contributed by atoms with Crippen LogP contribution in [0.25, 0.3) is 0 Å². The standard InChI is InChI=1S/C21H32N4O/c1-17(2)9-10-18(3)23-21(26)16-24-11-6-12-25(14-13-24)20-8-5-4-7-19(20)15-22/h4-5,7-8,17-18H,6,9-14,16H2,1-3H3,(H,23,26)/t18-/m1/s1. The third kappa shape index (κ3) is 6.34. The highest BCUT2D eigenvalue weighted by Crippen LogP contribution is 2.21. The fraction of sp³-hybridized carbons (Fsp3) is 0.619. The van der Waals surface area contributed by atoms with Crippen LogP contribution in [-0.2, 0) is 4.79 Å². The predicted molar refractivity (Wildman–Crippen MR) is 106 cm³/mol. The molecule has 26 heavy (non-hydrogen) atoms. The summed E-state index contributed by atoms with van der Waals surface area (Å²) in [5.74, 6) is 0.786. The molecule has 1 saturated heterocycles. The maximum Gasteiger partial charge on any atom is 0.234 e. The molecule has 1 atom stereocenters. The van der Waals surface area contributed by atoms with Crippen molar-refractivity contribution in [3.05, 3.63) is 29.8 Å². The zero-order chi connectivity index (χ0) is 18.9. The maximum atomic E-state index is 12.3. The minimum atomic E-state index is 0.118. The Labute approximate surface area is 158 Å². The molecule has 0 aliphatic carbocycles. The Hall–Kier alpha value is -2.06. The van der Waals surface area contributed by atoms with Crippen molar-refractivity contribution in [2.24, 2.45) is 5.92 Å². The fourth-order valence-corrected chi connectivity index (χ4v) is 3.39. The van der Waals surface area contributed by atoms with Gasteiger partial charge in [-0.3, -0.25) is 9.69 Å². The number of nitrogens with zero attached hydrogens (tertiary/aromatic N) is 3. The van der Waals surface area contributed by atoms with Gasteiger partial charge in [0.1, 0.15) is 6.07 Å². The molecule has 1 aromatic carbocycles. The lowest BCUT2D eigenvalue weighted by atomic mass is 10.0. The topological polar surface area (TPSA) is 59.4 Å². The van der Waals surface area contributed by atoms with Crippen LogP contribution >= 0.6 is 0 Å². The molecule has 0 unspecified atom stereocenters. The Balaban J connectivity index is 1.83. The van der Waals surface area contributed by atoms with E-state index >= 15 is 0 Å². The van der Waals surface area contributed by atoms with Crippen molar-refractivity contribution in [1.82, 2.24) is 10.2 Å². The van der Waals surface area contributed by atoms with Gasteiger partial charge in [0, 0.05) is 32.2 Å². The van der Waals surface area contributed by atoms with Gasteiger partial charge in [-0.1, -0.05) is 26.0 Å². The van der Waals surface area contributed by atoms with Gasteiger partial charge in [0.15, 0.2) is 0 Å². The van der Waals surface area contributed by atoms with Gasteiger partial charge in [-0.2, -0.15) is 5.26 Å². The molecule has 0 bridgehead atoms. The Bertz CT molecular complexity index is 623. The first kappa shape index (κ1) is 20.3. The molecule has 5 heteroatoms. The number of carbonyl (C=O) groups excluding carboxylic acids is 1. The lowest BCUT2D eigenvalue weighted by Gasteiger charge is -2.24. The van der Waals surface area contributed by atoms with Crippen molar-refractivity contribution in [2.75, 3.05) is 37.6 Å². The molecule has 1 amide bonds. The van der Waals surface area contributed by atoms with E-state index in [2.05, 4.69) is 42.0 Å². The highest BCUT2D eigenvalue weighted by Gasteiger charge is 2.19. The summed E-state index contributed by atoms with van der Waals surface area (Å²) in [6.07, 6.45) is 3.16. The summed E-state index contributed by atoms with van der Waals surface area (Å²) in [5.41, 5.74) is 1.72. The van der Waals surface area contributed by atoms with Crippen molar-refractivity contribution in [3.63, 3.8) is 0 Å². The Morgan fingerprint density at radius 2 is 1.92 bits per heavy atom. The Kier molecular flexibility index (Phi) is 7.93. The molecular formula is C21H32N4O. The number of amides is 1. The molecule has 1 N–H and O–H groups in total. The molecule has 0 saturated carbocycles. The predicted octanol–water partition coefficient (Wildman–Crippen LogP) is 3.01. The minimum Gasteiger partial charge on any atom is -0.369 e. The van der Waals surface area contributed by atoms with E-state index in [-0.39, 0.29) is 11.9 Å². The summed E-state index contributed by atoms with van der Waals surface area (Å²) in [7, 11) is 0. The van der Waals surface area contributed by atoms with Crippen LogP contribution in [0, 0.1) is 17.2 Å². The second-order valence-corrected chi connectivity index (χ2v) is 7.69. The van der Waals surface area contributed by atoms with Gasteiger partial charge >= 0.3 is 0 Å². The first-order valence-corrected chi connectivity index (χ1v) is 9.75. The lowest BCUT2D eigenvalue weighted by molar-refractivity contribution is -0.122. The van der Waals surface area contributed by atoms with Gasteiger partial charge in [-0.15, -0.1) is 0 Å². The van der Waals surface area contributed by atoms with E-state index in [4.69, 9.17) is 0 Å². The van der Waals surface area contributed by atoms with Crippen LogP contribution < -0.4 is 10.2 Å². The second kappa shape index (κ2) is 10.2. The molecule has 0 radical (unpaired) electrons. The van der Waals surface area contributed by atoms with Gasteiger partial charge in [0.05, 0.1) is 17.8 Å². The summed E-state index contributed by atoms with van der Waals surface area (Å²) >= 11 is 0. The molecule has 1 aromatic rings. The van der Waals surface area contributed by atoms with E-state index in [1.54, 1.807) is 0 Å². The number of nitriles is 1. The highest BCUT2D eigenvalue weighted by molar-refractivity contribution is 5.78. The van der Waals surface area contributed by atoms with Gasteiger partial charge in [-0.05, 0) is 44.2 Å². The molecule has 0 spiro atoms. The molecule has 142 valence electrons. The first-order valence-electron chi connectivity index (χ1n) is 9.75. The summed E-state index contributed by atoms with van der Waals surface area (Å²) < 4.78 is 0. The van der Waals surface area contributed by atoms with Crippen LogP contribution in [0.4, 0.5) is 5.69 Å². The van der Waals surface area contributed by atoms with Gasteiger partial charge < -0.3 is 10.2 Å². The van der Waals surface area contributed by atoms with Gasteiger partial charge in [0.25, 0.3) is 0 Å². The van der Waals surface area contributed by atoms with Crippen molar-refractivity contribution < 1.29 is 4.79 Å². The van der Waals surface area contributed by atoms with E-state index in [0.717, 1.165) is 56.7 Å². The molecule has 1 fully saturated rings. The van der Waals surface area contributed by atoms with Gasteiger partial charge in [-0.25, -0.2) is 0 Å². The van der Waals surface area contributed by atoms with Crippen LogP contribution in [0.5, 0.6) is 0 Å². The number of para-hydroxylation sites is 1. The number of hydrogen-bond acceptors (Lipinski definition) is 4. The van der Waals surface area contributed by atoms with E-state index in [9.17, 15) is 10.1 Å². The lowest BCUT2D eigenvalue weighted by Crippen LogP contribution is -2.42. The molecule has 1 heterocycles. The normalized spacial score (nSPS) is 16.8. The number of nitrogens with one attached hydrogen (secondary N) is 1. The molecule has 5 nitrogen and oxygen atoms in total. The number of carbonyl (C=O) groups is 1. The van der Waals surface area contributed by atoms with Crippen molar-refractivity contribution in [3.8, 4) is 6.07 Å². The monoisotopic (exact) mass is 356 g/mol. The van der Waals surface area contributed by atoms with Crippen LogP contribution in [0.3, 0.4) is 0 Å². The Morgan fingerprint density at radius 1 is 1.15 bits per heavy atom. The van der Waals surface area contributed by atoms with E-state index in [1.165, 1.54) is 0 Å². The zero-order valence-electron chi connectivity index (χ0n) is 16.4. The Morgan fingerprint density at radius 3 is 2.65 bits per heavy atom. The first-order chi connectivity index (χ1) is 12.5. The molecule has 0 aromatic heterocycles. The molecular weight excluding hydrogens is 324 g/mol. The quantitative estimate of drug-likeness (QED) is 0.816. The second-order valence-electron chi connectivity index (χ2n) is 7.69. The number of benzene rings is 1. The maximum absolute atomic E-state index is 12.3. The van der Waals surface area contributed by atoms with Crippen molar-refractivity contribution in [1.29, 1.82) is 5.26 Å². The third-order valence-electron chi connectivity index (χ3n) is 4.91. The SMILES string of the molecule is CC(C)CC[C@@H](C)NC(=O)CN1CCCN(c2ccccc2C#N)CC1. The average molecular weight is 357 g/mol. The van der Waals surface area contributed by atoms with Crippen LogP contribution in [0.2, 0.25) is 0 Å². The average Bonchev–Trinajstić information content (AvgIpc) is 2.85.